The van der Waals surface area contributed by atoms with Crippen molar-refractivity contribution in [1.29, 1.82) is 0 Å². The molecule has 3 rings (SSSR count). The van der Waals surface area contributed by atoms with E-state index in [1.54, 1.807) is 12.1 Å². The highest BCUT2D eigenvalue weighted by Gasteiger charge is 2.22. The van der Waals surface area contributed by atoms with E-state index < -0.39 is 31.6 Å². The summed E-state index contributed by atoms with van der Waals surface area (Å²) in [6.07, 6.45) is -2.39. The van der Waals surface area contributed by atoms with E-state index in [1.165, 1.54) is 26.4 Å². The Morgan fingerprint density at radius 1 is 1.57 bits per heavy atom. The first-order chi connectivity index (χ1) is 13.2. The summed E-state index contributed by atoms with van der Waals surface area (Å²) in [6, 6.07) is 3.48. The molecule has 0 bridgehead atoms. The van der Waals surface area contributed by atoms with Crippen molar-refractivity contribution in [3.8, 4) is 0 Å². The molecular formula is C16H21N3O2. The van der Waals surface area contributed by atoms with Crippen molar-refractivity contribution in [2.75, 3.05) is 27.2 Å². The molecule has 0 spiro atoms. The van der Waals surface area contributed by atoms with Gasteiger partial charge in [0.05, 0.1) is 8.78 Å². The van der Waals surface area contributed by atoms with Crippen LogP contribution < -0.4 is 5.31 Å². The van der Waals surface area contributed by atoms with E-state index in [2.05, 4.69) is 4.74 Å². The predicted molar refractivity (Wildman–Crippen MR) is 82.5 cm³/mol. The fourth-order valence-electron chi connectivity index (χ4n) is 2.12. The number of H-pyrrole nitrogens is 1. The van der Waals surface area contributed by atoms with Gasteiger partial charge in [0, 0.05) is 29.1 Å². The van der Waals surface area contributed by atoms with Crippen molar-refractivity contribution in [3.05, 3.63) is 35.5 Å². The van der Waals surface area contributed by atoms with E-state index in [9.17, 15) is 4.79 Å². The average molecular weight is 295 g/mol. The van der Waals surface area contributed by atoms with Crippen molar-refractivity contribution in [1.82, 2.24) is 15.2 Å². The van der Waals surface area contributed by atoms with Crippen molar-refractivity contribution in [2.24, 2.45) is 0 Å². The van der Waals surface area contributed by atoms with Gasteiger partial charge in [-0.15, -0.1) is 0 Å². The number of amides is 1. The van der Waals surface area contributed by atoms with Gasteiger partial charge in [0.25, 0.3) is 0 Å². The molecule has 0 unspecified atom stereocenters. The minimum absolute atomic E-state index is 0.0208. The van der Waals surface area contributed by atoms with Crippen LogP contribution in [0.2, 0.25) is 2.82 Å². The molecule has 1 aromatic heterocycles. The second-order valence-electron chi connectivity index (χ2n) is 4.99. The third-order valence-corrected chi connectivity index (χ3v) is 3.07. The zero-order chi connectivity index (χ0) is 21.9. The zero-order valence-electron chi connectivity index (χ0n) is 19.8. The van der Waals surface area contributed by atoms with Crippen LogP contribution in [0.5, 0.6) is 0 Å². The molecule has 1 atom stereocenters. The minimum Gasteiger partial charge on any atom is -0.447 e. The Kier molecular flexibility index (Phi) is 2.01. The molecule has 2 heterocycles. The molecule has 5 heteroatoms. The van der Waals surface area contributed by atoms with Crippen LogP contribution in [0.1, 0.15) is 19.4 Å². The maximum absolute atomic E-state index is 11.5. The zero-order valence-corrected chi connectivity index (χ0v) is 11.8. The quantitative estimate of drug-likeness (QED) is 0.886. The van der Waals surface area contributed by atoms with Crippen LogP contribution in [0.3, 0.4) is 0 Å². The van der Waals surface area contributed by atoms with Gasteiger partial charge in [-0.05, 0) is 50.1 Å². The monoisotopic (exact) mass is 295 g/mol. The molecule has 112 valence electrons. The Bertz CT molecular complexity index is 959. The van der Waals surface area contributed by atoms with Crippen LogP contribution in [-0.4, -0.2) is 49.2 Å². The summed E-state index contributed by atoms with van der Waals surface area (Å²) in [5, 5.41) is 0.737. The number of carbonyl (C=O) groups is 1. The molecule has 1 saturated heterocycles. The van der Waals surface area contributed by atoms with Gasteiger partial charge in [0.15, 0.2) is 2.82 Å². The molecule has 1 aliphatic rings. The molecule has 5 nitrogen and oxygen atoms in total. The normalized spacial score (nSPS) is 28.0. The topological polar surface area (TPSA) is 57.4 Å². The van der Waals surface area contributed by atoms with E-state index in [0.717, 1.165) is 9.88 Å². The van der Waals surface area contributed by atoms with Crippen LogP contribution in [0, 0.1) is 0 Å². The summed E-state index contributed by atoms with van der Waals surface area (Å²) in [5.41, 5.74) is 0.829. The smallest absolute Gasteiger partial charge is 0.407 e. The number of fused-ring (bicyclic) bond motifs is 1. The van der Waals surface area contributed by atoms with Gasteiger partial charge in [0.1, 0.15) is 6.56 Å². The van der Waals surface area contributed by atoms with Gasteiger partial charge in [-0.3, -0.25) is 0 Å². The van der Waals surface area contributed by atoms with Gasteiger partial charge >= 0.3 is 6.09 Å². The lowest BCUT2D eigenvalue weighted by atomic mass is 10.0. The first kappa shape index (κ1) is 7.31. The van der Waals surface area contributed by atoms with Gasteiger partial charge in [-0.2, -0.15) is 0 Å². The third kappa shape index (κ3) is 3.19. The van der Waals surface area contributed by atoms with Crippen molar-refractivity contribution in [3.63, 3.8) is 0 Å². The lowest BCUT2D eigenvalue weighted by molar-refractivity contribution is 0.177. The highest BCUT2D eigenvalue weighted by Crippen LogP contribution is 2.21. The summed E-state index contributed by atoms with van der Waals surface area (Å²) >= 11 is 0. The fourth-order valence-corrected chi connectivity index (χ4v) is 2.12. The van der Waals surface area contributed by atoms with Crippen molar-refractivity contribution >= 4 is 17.0 Å². The first-order valence-electron chi connectivity index (χ1n) is 10.4. The summed E-state index contributed by atoms with van der Waals surface area (Å²) in [6.45, 7) is -4.71. The molecule has 0 aliphatic carbocycles. The van der Waals surface area contributed by atoms with Gasteiger partial charge in [0.2, 0.25) is 0 Å². The van der Waals surface area contributed by atoms with Crippen LogP contribution in [-0.2, 0) is 17.5 Å². The molecule has 2 aromatic rings. The summed E-state index contributed by atoms with van der Waals surface area (Å²) in [5.74, 6) is 0. The maximum atomic E-state index is 11.5. The van der Waals surface area contributed by atoms with E-state index in [4.69, 9.17) is 11.0 Å². The number of aromatic nitrogens is 1. The van der Waals surface area contributed by atoms with Crippen LogP contribution in [0.15, 0.2) is 24.4 Å². The second-order valence-corrected chi connectivity index (χ2v) is 4.99. The summed E-state index contributed by atoms with van der Waals surface area (Å²) in [7, 11) is 2.84. The molecule has 1 amide bonds. The molecule has 1 fully saturated rings. The number of likely N-dealkylation sites (N-methyl/N-ethyl adjacent to an activating group) is 1. The third-order valence-electron chi connectivity index (χ3n) is 3.07. The number of ether oxygens (including phenoxy) is 1. The summed E-state index contributed by atoms with van der Waals surface area (Å²) in [4.78, 5) is 13.6. The largest absolute Gasteiger partial charge is 0.447 e. The average Bonchev–Trinajstić information content (AvgIpc) is 3.03. The number of hydrogen-bond donors (Lipinski definition) is 2. The van der Waals surface area contributed by atoms with E-state index in [1.807, 2.05) is 0 Å². The molecule has 0 saturated carbocycles. The lowest BCUT2D eigenvalue weighted by Crippen LogP contribution is -2.28. The molecule has 0 radical (unpaired) electrons. The Labute approximate surface area is 135 Å². The fraction of sp³-hybridized carbons (Fsp3) is 0.438. The lowest BCUT2D eigenvalue weighted by Gasteiger charge is -2.09. The van der Waals surface area contributed by atoms with Gasteiger partial charge in [-0.1, -0.05) is 6.07 Å². The second kappa shape index (κ2) is 5.77. The Morgan fingerprint density at radius 2 is 2.43 bits per heavy atom. The number of hydrogen-bond acceptors (Lipinski definition) is 3. The van der Waals surface area contributed by atoms with E-state index in [-0.39, 0.29) is 12.0 Å². The molecule has 1 aromatic carbocycles. The Balaban J connectivity index is 2.07. The predicted octanol–water partition coefficient (Wildman–Crippen LogP) is 1.92. The number of alkyl carbamates (subject to hydrolysis) is 1. The van der Waals surface area contributed by atoms with E-state index in [0.29, 0.717) is 21.8 Å². The molecule has 21 heavy (non-hydrogen) atoms. The number of rotatable bonds is 5. The highest BCUT2D eigenvalue weighted by atomic mass is 16.6. The number of aryl methyl sites for hydroxylation is 1. The maximum Gasteiger partial charge on any atom is 0.407 e. The highest BCUT2D eigenvalue weighted by molar-refractivity contribution is 5.84. The Hall–Kier alpha value is -2.01. The molecule has 1 aliphatic heterocycles. The van der Waals surface area contributed by atoms with Gasteiger partial charge < -0.3 is 19.9 Å². The number of cyclic esters (lactones) is 1. The molecule has 2 N–H and O–H groups in total. The van der Waals surface area contributed by atoms with Crippen molar-refractivity contribution < 1.29 is 20.6 Å². The number of carbonyl (C=O) groups excluding carboxylic acids is 1. The number of aromatic amines is 1. The van der Waals surface area contributed by atoms with Crippen LogP contribution in [0.4, 0.5) is 4.79 Å². The standard InChI is InChI=1S/C16H21N3O2/c1-19(2)6-5-12-9-17-15-4-3-11(8-14(12)15)7-13-10-21-16(20)18-13/h3-4,8-9,13,17H,5-7,10H2,1-2H3,(H,18,20)/t13-/m0/s1/i5D2,6D2,10D2/hD2. The minimum atomic E-state index is -2.46. The summed E-state index contributed by atoms with van der Waals surface area (Å²) < 4.78 is 69.0. The van der Waals surface area contributed by atoms with Gasteiger partial charge in [-0.25, -0.2) is 4.79 Å². The SMILES string of the molecule is [2H]N1C(=O)OC([2H])([2H])[C@@H]1Cc1ccc2c(c1)c(C([2H])([2H])C([2H])([2H])N(C)C)cn2[2H]. The van der Waals surface area contributed by atoms with Crippen LogP contribution >= 0.6 is 0 Å². The Morgan fingerprint density at radius 3 is 3.14 bits per heavy atom. The number of nitrogens with zero attached hydrogens (tertiary/aromatic N) is 1. The molecular weight excluding hydrogens is 266 g/mol. The number of benzene rings is 1. The van der Waals surface area contributed by atoms with E-state index >= 15 is 0 Å². The number of nitrogens with one attached hydrogen (secondary N) is 2. The van der Waals surface area contributed by atoms with Crippen molar-refractivity contribution in [2.45, 2.75) is 18.8 Å². The first-order valence-corrected chi connectivity index (χ1v) is 6.52. The van der Waals surface area contributed by atoms with Crippen LogP contribution in [0.25, 0.3) is 10.9 Å².